The molecule has 25 heavy (non-hydrogen) atoms. The standard InChI is InChI=1S/C21H24N4/c1-25(13-16-8-6-15(11-22)7-9-16)14-17-10-19-18-4-2-3-5-20(18)24-21(19)12-23-17/h2-5,10,12,15-16,24H,6-9,13-14H2,1H3. The molecular formula is C21H24N4. The average Bonchev–Trinajstić information content (AvgIpc) is 3.00. The molecule has 2 heterocycles. The van der Waals surface area contributed by atoms with Crippen molar-refractivity contribution in [2.24, 2.45) is 11.8 Å². The van der Waals surface area contributed by atoms with Crippen LogP contribution in [0.15, 0.2) is 36.5 Å². The summed E-state index contributed by atoms with van der Waals surface area (Å²) < 4.78 is 0. The van der Waals surface area contributed by atoms with Gasteiger partial charge in [0, 0.05) is 35.3 Å². The Morgan fingerprint density at radius 3 is 2.76 bits per heavy atom. The summed E-state index contributed by atoms with van der Waals surface area (Å²) in [6.45, 7) is 1.96. The van der Waals surface area contributed by atoms with Gasteiger partial charge in [-0.3, -0.25) is 4.98 Å². The molecule has 1 N–H and O–H groups in total. The van der Waals surface area contributed by atoms with Gasteiger partial charge in [-0.25, -0.2) is 0 Å². The van der Waals surface area contributed by atoms with Crippen LogP contribution in [-0.2, 0) is 6.54 Å². The third-order valence-electron chi connectivity index (χ3n) is 5.48. The lowest BCUT2D eigenvalue weighted by atomic mass is 9.82. The lowest BCUT2D eigenvalue weighted by molar-refractivity contribution is 0.213. The van der Waals surface area contributed by atoms with Crippen molar-refractivity contribution >= 4 is 21.8 Å². The van der Waals surface area contributed by atoms with E-state index in [0.717, 1.165) is 37.1 Å². The second-order valence-electron chi connectivity index (χ2n) is 7.44. The Balaban J connectivity index is 1.45. The Morgan fingerprint density at radius 2 is 1.96 bits per heavy atom. The summed E-state index contributed by atoms with van der Waals surface area (Å²) in [5.41, 5.74) is 3.38. The normalized spacial score (nSPS) is 21.0. The lowest BCUT2D eigenvalue weighted by Crippen LogP contribution is -2.28. The van der Waals surface area contributed by atoms with Crippen LogP contribution in [0.2, 0.25) is 0 Å². The molecule has 0 atom stereocenters. The highest BCUT2D eigenvalue weighted by atomic mass is 15.1. The van der Waals surface area contributed by atoms with E-state index in [-0.39, 0.29) is 5.92 Å². The van der Waals surface area contributed by atoms with Crippen molar-refractivity contribution in [3.05, 3.63) is 42.2 Å². The van der Waals surface area contributed by atoms with E-state index >= 15 is 0 Å². The number of para-hydroxylation sites is 1. The smallest absolute Gasteiger partial charge is 0.0655 e. The minimum atomic E-state index is 0.285. The maximum atomic E-state index is 9.03. The van der Waals surface area contributed by atoms with Gasteiger partial charge in [-0.15, -0.1) is 0 Å². The molecule has 2 aromatic heterocycles. The molecule has 4 nitrogen and oxygen atoms in total. The molecule has 3 aromatic rings. The number of benzene rings is 1. The van der Waals surface area contributed by atoms with Crippen molar-refractivity contribution in [2.75, 3.05) is 13.6 Å². The summed E-state index contributed by atoms with van der Waals surface area (Å²) >= 11 is 0. The number of aromatic nitrogens is 2. The number of fused-ring (bicyclic) bond motifs is 3. The summed E-state index contributed by atoms with van der Waals surface area (Å²) in [4.78, 5) is 10.5. The first-order valence-electron chi connectivity index (χ1n) is 9.16. The van der Waals surface area contributed by atoms with Crippen LogP contribution in [0.3, 0.4) is 0 Å². The van der Waals surface area contributed by atoms with Gasteiger partial charge in [-0.05, 0) is 50.8 Å². The van der Waals surface area contributed by atoms with Crippen LogP contribution in [0.25, 0.3) is 21.8 Å². The van der Waals surface area contributed by atoms with E-state index in [9.17, 15) is 0 Å². The van der Waals surface area contributed by atoms with Gasteiger partial charge in [-0.2, -0.15) is 5.26 Å². The third kappa shape index (κ3) is 3.38. The Labute approximate surface area is 148 Å². The maximum absolute atomic E-state index is 9.03. The first-order valence-corrected chi connectivity index (χ1v) is 9.16. The predicted molar refractivity (Wildman–Crippen MR) is 101 cm³/mol. The highest BCUT2D eigenvalue weighted by Crippen LogP contribution is 2.29. The van der Waals surface area contributed by atoms with E-state index < -0.39 is 0 Å². The molecule has 1 aliphatic rings. The molecule has 1 aliphatic carbocycles. The van der Waals surface area contributed by atoms with Crippen LogP contribution in [0.4, 0.5) is 0 Å². The number of H-pyrrole nitrogens is 1. The van der Waals surface area contributed by atoms with Gasteiger partial charge in [-0.1, -0.05) is 18.2 Å². The van der Waals surface area contributed by atoms with Crippen molar-refractivity contribution in [1.82, 2.24) is 14.9 Å². The molecule has 1 fully saturated rings. The molecule has 0 unspecified atom stereocenters. The van der Waals surface area contributed by atoms with Gasteiger partial charge in [0.1, 0.15) is 0 Å². The minimum absolute atomic E-state index is 0.285. The summed E-state index contributed by atoms with van der Waals surface area (Å²) in [6, 6.07) is 13.1. The highest BCUT2D eigenvalue weighted by molar-refractivity contribution is 6.06. The first-order chi connectivity index (χ1) is 12.2. The van der Waals surface area contributed by atoms with Crippen LogP contribution >= 0.6 is 0 Å². The predicted octanol–water partition coefficient (Wildman–Crippen LogP) is 4.48. The van der Waals surface area contributed by atoms with E-state index in [1.807, 2.05) is 6.20 Å². The molecule has 4 heteroatoms. The van der Waals surface area contributed by atoms with Gasteiger partial charge in [0.2, 0.25) is 0 Å². The third-order valence-corrected chi connectivity index (χ3v) is 5.48. The fourth-order valence-electron chi connectivity index (χ4n) is 4.14. The zero-order valence-corrected chi connectivity index (χ0v) is 14.7. The van der Waals surface area contributed by atoms with Gasteiger partial charge < -0.3 is 9.88 Å². The summed E-state index contributed by atoms with van der Waals surface area (Å²) in [5.74, 6) is 0.999. The van der Waals surface area contributed by atoms with Crippen molar-refractivity contribution in [1.29, 1.82) is 5.26 Å². The van der Waals surface area contributed by atoms with Gasteiger partial charge in [0.05, 0.1) is 23.5 Å². The van der Waals surface area contributed by atoms with Crippen LogP contribution < -0.4 is 0 Å². The molecule has 0 aliphatic heterocycles. The van der Waals surface area contributed by atoms with E-state index in [0.29, 0.717) is 5.92 Å². The van der Waals surface area contributed by atoms with Gasteiger partial charge >= 0.3 is 0 Å². The number of nitrogens with one attached hydrogen (secondary N) is 1. The summed E-state index contributed by atoms with van der Waals surface area (Å²) in [5, 5.41) is 11.5. The Bertz CT molecular complexity index is 912. The SMILES string of the molecule is CN(Cc1cc2c(cn1)[nH]c1ccccc12)CC1CCC(C#N)CC1. The average molecular weight is 332 g/mol. The van der Waals surface area contributed by atoms with E-state index in [1.165, 1.54) is 29.1 Å². The molecule has 128 valence electrons. The fraction of sp³-hybridized carbons (Fsp3) is 0.429. The molecule has 0 amide bonds. The lowest BCUT2D eigenvalue weighted by Gasteiger charge is -2.28. The van der Waals surface area contributed by atoms with Crippen molar-refractivity contribution in [2.45, 2.75) is 32.2 Å². The molecule has 0 radical (unpaired) electrons. The van der Waals surface area contributed by atoms with E-state index in [1.54, 1.807) is 0 Å². The quantitative estimate of drug-likeness (QED) is 0.766. The number of nitrogens with zero attached hydrogens (tertiary/aromatic N) is 3. The van der Waals surface area contributed by atoms with E-state index in [4.69, 9.17) is 5.26 Å². The molecule has 4 rings (SSSR count). The number of aromatic amines is 1. The van der Waals surface area contributed by atoms with Gasteiger partial charge in [0.25, 0.3) is 0 Å². The monoisotopic (exact) mass is 332 g/mol. The highest BCUT2D eigenvalue weighted by Gasteiger charge is 2.22. The molecule has 0 bridgehead atoms. The fourth-order valence-corrected chi connectivity index (χ4v) is 4.14. The number of nitriles is 1. The number of pyridine rings is 1. The van der Waals surface area contributed by atoms with Crippen LogP contribution in [0.1, 0.15) is 31.4 Å². The minimum Gasteiger partial charge on any atom is -0.353 e. The van der Waals surface area contributed by atoms with Crippen molar-refractivity contribution < 1.29 is 0 Å². The van der Waals surface area contributed by atoms with Gasteiger partial charge in [0.15, 0.2) is 0 Å². The second kappa shape index (κ2) is 6.85. The zero-order valence-electron chi connectivity index (χ0n) is 14.7. The summed E-state index contributed by atoms with van der Waals surface area (Å²) in [7, 11) is 2.18. The maximum Gasteiger partial charge on any atom is 0.0655 e. The number of hydrogen-bond donors (Lipinski definition) is 1. The molecule has 0 spiro atoms. The second-order valence-corrected chi connectivity index (χ2v) is 7.44. The molecule has 1 saturated carbocycles. The summed E-state index contributed by atoms with van der Waals surface area (Å²) in [6.07, 6.45) is 6.44. The molecule has 0 saturated heterocycles. The van der Waals surface area contributed by atoms with E-state index in [2.05, 4.69) is 58.3 Å². The number of hydrogen-bond acceptors (Lipinski definition) is 3. The first kappa shape index (κ1) is 16.1. The Kier molecular flexibility index (Phi) is 4.42. The Hall–Kier alpha value is -2.38. The number of rotatable bonds is 4. The van der Waals surface area contributed by atoms with Crippen molar-refractivity contribution in [3.8, 4) is 6.07 Å². The van der Waals surface area contributed by atoms with Crippen LogP contribution in [0, 0.1) is 23.2 Å². The zero-order chi connectivity index (χ0) is 17.2. The van der Waals surface area contributed by atoms with Crippen molar-refractivity contribution in [3.63, 3.8) is 0 Å². The molecule has 1 aromatic carbocycles. The van der Waals surface area contributed by atoms with Crippen LogP contribution in [-0.4, -0.2) is 28.5 Å². The largest absolute Gasteiger partial charge is 0.353 e. The molecular weight excluding hydrogens is 308 g/mol. The topological polar surface area (TPSA) is 55.7 Å². The Morgan fingerprint density at radius 1 is 1.16 bits per heavy atom. The van der Waals surface area contributed by atoms with Crippen LogP contribution in [0.5, 0.6) is 0 Å².